The molecule has 0 amide bonds. The van der Waals surface area contributed by atoms with E-state index in [-0.39, 0.29) is 16.1 Å². The van der Waals surface area contributed by atoms with Gasteiger partial charge in [-0.3, -0.25) is 4.79 Å². The highest BCUT2D eigenvalue weighted by molar-refractivity contribution is 7.12. The number of anilines is 2. The van der Waals surface area contributed by atoms with E-state index in [1.165, 1.54) is 11.4 Å². The van der Waals surface area contributed by atoms with E-state index < -0.39 is 35.7 Å². The van der Waals surface area contributed by atoms with Crippen LogP contribution in [0.25, 0.3) is 0 Å². The first kappa shape index (κ1) is 14.9. The Bertz CT molecular complexity index is 694. The molecule has 0 aliphatic heterocycles. The van der Waals surface area contributed by atoms with E-state index in [4.69, 9.17) is 10.2 Å². The zero-order valence-corrected chi connectivity index (χ0v) is 11.2. The zero-order valence-electron chi connectivity index (χ0n) is 10.4. The van der Waals surface area contributed by atoms with Crippen LogP contribution < -0.4 is 5.32 Å². The fraction of sp³-hybridized carbons (Fsp3) is 0.0769. The number of hydrogen-bond donors (Lipinski definition) is 3. The third kappa shape index (κ3) is 3.16. The van der Waals surface area contributed by atoms with E-state index in [1.807, 2.05) is 0 Å². The molecule has 0 saturated carbocycles. The first-order chi connectivity index (χ1) is 9.90. The van der Waals surface area contributed by atoms with Crippen molar-refractivity contribution in [3.8, 4) is 0 Å². The highest BCUT2D eigenvalue weighted by Gasteiger charge is 2.21. The number of nitrogens with one attached hydrogen (secondary N) is 1. The monoisotopic (exact) mass is 313 g/mol. The maximum atomic E-state index is 13.6. The lowest BCUT2D eigenvalue weighted by Gasteiger charge is -2.10. The SMILES string of the molecule is O=C(O)Cc1csc(C(=O)O)c1Nc1c(F)cccc1F. The Balaban J connectivity index is 2.48. The summed E-state index contributed by atoms with van der Waals surface area (Å²) < 4.78 is 27.2. The first-order valence-corrected chi connectivity index (χ1v) is 6.54. The maximum absolute atomic E-state index is 13.6. The van der Waals surface area contributed by atoms with Crippen LogP contribution >= 0.6 is 11.3 Å². The van der Waals surface area contributed by atoms with Crippen molar-refractivity contribution >= 4 is 34.7 Å². The summed E-state index contributed by atoms with van der Waals surface area (Å²) in [4.78, 5) is 21.7. The number of benzene rings is 1. The van der Waals surface area contributed by atoms with Gasteiger partial charge >= 0.3 is 11.9 Å². The Morgan fingerprint density at radius 2 is 1.76 bits per heavy atom. The molecular weight excluding hydrogens is 304 g/mol. The molecule has 0 saturated heterocycles. The molecule has 0 atom stereocenters. The van der Waals surface area contributed by atoms with Crippen LogP contribution in [0.2, 0.25) is 0 Å². The minimum absolute atomic E-state index is 0.112. The molecular formula is C13H9F2NO4S. The van der Waals surface area contributed by atoms with Gasteiger partial charge in [-0.05, 0) is 23.1 Å². The summed E-state index contributed by atoms with van der Waals surface area (Å²) in [6.07, 6.45) is -0.456. The molecule has 0 radical (unpaired) electrons. The molecule has 0 spiro atoms. The van der Waals surface area contributed by atoms with Crippen molar-refractivity contribution in [1.29, 1.82) is 0 Å². The van der Waals surface area contributed by atoms with Gasteiger partial charge in [0.05, 0.1) is 12.1 Å². The van der Waals surface area contributed by atoms with Crippen molar-refractivity contribution in [2.45, 2.75) is 6.42 Å². The first-order valence-electron chi connectivity index (χ1n) is 5.66. The van der Waals surface area contributed by atoms with Gasteiger partial charge < -0.3 is 15.5 Å². The predicted octanol–water partition coefficient (Wildman–Crippen LogP) is 3.10. The van der Waals surface area contributed by atoms with Crippen LogP contribution in [0.4, 0.5) is 20.2 Å². The second kappa shape index (κ2) is 5.88. The number of rotatable bonds is 5. The van der Waals surface area contributed by atoms with Crippen LogP contribution in [0.3, 0.4) is 0 Å². The van der Waals surface area contributed by atoms with E-state index in [1.54, 1.807) is 0 Å². The van der Waals surface area contributed by atoms with Crippen LogP contribution in [0, 0.1) is 11.6 Å². The van der Waals surface area contributed by atoms with Crippen LogP contribution in [0.15, 0.2) is 23.6 Å². The maximum Gasteiger partial charge on any atom is 0.348 e. The molecule has 2 rings (SSSR count). The van der Waals surface area contributed by atoms with Gasteiger partial charge in [0.1, 0.15) is 22.2 Å². The molecule has 2 aromatic rings. The molecule has 0 aliphatic carbocycles. The Labute approximate surface area is 121 Å². The number of hydrogen-bond acceptors (Lipinski definition) is 4. The van der Waals surface area contributed by atoms with Crippen molar-refractivity contribution in [2.24, 2.45) is 0 Å². The van der Waals surface area contributed by atoms with Gasteiger partial charge in [0.15, 0.2) is 0 Å². The van der Waals surface area contributed by atoms with Crippen LogP contribution in [0.1, 0.15) is 15.2 Å². The smallest absolute Gasteiger partial charge is 0.348 e. The average molecular weight is 313 g/mol. The van der Waals surface area contributed by atoms with Gasteiger partial charge in [-0.1, -0.05) is 6.07 Å². The molecule has 1 aromatic heterocycles. The van der Waals surface area contributed by atoms with Gasteiger partial charge in [0.2, 0.25) is 0 Å². The molecule has 0 aliphatic rings. The molecule has 21 heavy (non-hydrogen) atoms. The topological polar surface area (TPSA) is 86.6 Å². The third-order valence-electron chi connectivity index (χ3n) is 2.62. The molecule has 0 unspecified atom stereocenters. The molecule has 3 N–H and O–H groups in total. The number of halogens is 2. The number of carboxylic acid groups (broad SMARTS) is 2. The number of aromatic carboxylic acids is 1. The lowest BCUT2D eigenvalue weighted by Crippen LogP contribution is -2.06. The molecule has 1 aromatic carbocycles. The zero-order chi connectivity index (χ0) is 15.6. The Kier molecular flexibility index (Phi) is 4.18. The second-order valence-corrected chi connectivity index (χ2v) is 4.94. The van der Waals surface area contributed by atoms with Gasteiger partial charge in [-0.25, -0.2) is 13.6 Å². The average Bonchev–Trinajstić information content (AvgIpc) is 2.76. The minimum atomic E-state index is -1.31. The summed E-state index contributed by atoms with van der Waals surface area (Å²) in [6.45, 7) is 0. The standard InChI is InChI=1S/C13H9F2NO4S/c14-7-2-1-3-8(15)11(7)16-10-6(4-9(17)18)5-21-12(10)13(19)20/h1-3,5,16H,4H2,(H,17,18)(H,19,20). The summed E-state index contributed by atoms with van der Waals surface area (Å²) in [5.74, 6) is -4.30. The molecule has 0 bridgehead atoms. The van der Waals surface area contributed by atoms with Crippen molar-refractivity contribution in [1.82, 2.24) is 0 Å². The summed E-state index contributed by atoms with van der Waals surface area (Å²) in [5.41, 5.74) is -0.489. The number of carbonyl (C=O) groups is 2. The quantitative estimate of drug-likeness (QED) is 0.789. The number of thiophene rings is 1. The molecule has 1 heterocycles. The molecule has 8 heteroatoms. The largest absolute Gasteiger partial charge is 0.481 e. The van der Waals surface area contributed by atoms with E-state index in [0.29, 0.717) is 0 Å². The molecule has 5 nitrogen and oxygen atoms in total. The highest BCUT2D eigenvalue weighted by atomic mass is 32.1. The Morgan fingerprint density at radius 1 is 1.14 bits per heavy atom. The summed E-state index contributed by atoms with van der Waals surface area (Å²) in [6, 6.07) is 3.18. The lowest BCUT2D eigenvalue weighted by atomic mass is 10.1. The second-order valence-electron chi connectivity index (χ2n) is 4.06. The summed E-state index contributed by atoms with van der Waals surface area (Å²) in [7, 11) is 0. The van der Waals surface area contributed by atoms with Crippen molar-refractivity contribution in [2.75, 3.05) is 5.32 Å². The molecule has 0 fully saturated rings. The normalized spacial score (nSPS) is 10.4. The fourth-order valence-corrected chi connectivity index (χ4v) is 2.59. The summed E-state index contributed by atoms with van der Waals surface area (Å²) >= 11 is 0.787. The Hall–Kier alpha value is -2.48. The number of aliphatic carboxylic acids is 1. The number of para-hydroxylation sites is 1. The van der Waals surface area contributed by atoms with Crippen molar-refractivity contribution in [3.05, 3.63) is 45.7 Å². The lowest BCUT2D eigenvalue weighted by molar-refractivity contribution is -0.136. The van der Waals surface area contributed by atoms with Crippen LogP contribution in [-0.4, -0.2) is 22.2 Å². The minimum Gasteiger partial charge on any atom is -0.481 e. The van der Waals surface area contributed by atoms with E-state index in [2.05, 4.69) is 5.32 Å². The third-order valence-corrected chi connectivity index (χ3v) is 3.63. The fourth-order valence-electron chi connectivity index (χ4n) is 1.72. The van der Waals surface area contributed by atoms with Crippen LogP contribution in [-0.2, 0) is 11.2 Å². The van der Waals surface area contributed by atoms with Crippen molar-refractivity contribution in [3.63, 3.8) is 0 Å². The van der Waals surface area contributed by atoms with E-state index >= 15 is 0 Å². The van der Waals surface area contributed by atoms with E-state index in [0.717, 1.165) is 23.5 Å². The highest BCUT2D eigenvalue weighted by Crippen LogP contribution is 2.33. The number of carboxylic acids is 2. The summed E-state index contributed by atoms with van der Waals surface area (Å²) in [5, 5.41) is 21.6. The van der Waals surface area contributed by atoms with Gasteiger partial charge in [-0.2, -0.15) is 0 Å². The van der Waals surface area contributed by atoms with Gasteiger partial charge in [-0.15, -0.1) is 11.3 Å². The molecule has 110 valence electrons. The Morgan fingerprint density at radius 3 is 2.29 bits per heavy atom. The van der Waals surface area contributed by atoms with Crippen LogP contribution in [0.5, 0.6) is 0 Å². The van der Waals surface area contributed by atoms with E-state index in [9.17, 15) is 18.4 Å². The van der Waals surface area contributed by atoms with Gasteiger partial charge in [0.25, 0.3) is 0 Å². The predicted molar refractivity (Wildman–Crippen MR) is 72.3 cm³/mol. The van der Waals surface area contributed by atoms with Crippen molar-refractivity contribution < 1.29 is 28.6 Å². The van der Waals surface area contributed by atoms with Gasteiger partial charge in [0, 0.05) is 0 Å².